The molecule has 0 saturated carbocycles. The molecule has 1 aromatic carbocycles. The first-order chi connectivity index (χ1) is 13.0. The van der Waals surface area contributed by atoms with Crippen LogP contribution in [0.5, 0.6) is 11.5 Å². The maximum atomic E-state index is 13.4. The van der Waals surface area contributed by atoms with Crippen LogP contribution in [-0.2, 0) is 0 Å². The Labute approximate surface area is 157 Å². The number of ether oxygens (including phenoxy) is 2. The molecule has 27 heavy (non-hydrogen) atoms. The second-order valence-corrected chi connectivity index (χ2v) is 6.28. The van der Waals surface area contributed by atoms with Crippen LogP contribution in [-0.4, -0.2) is 55.8 Å². The van der Waals surface area contributed by atoms with E-state index >= 15 is 0 Å². The third kappa shape index (κ3) is 4.05. The number of benzene rings is 1. The SMILES string of the molecule is COc1cccc(NC(=O)N2CCN(c3cccc(F)n3)C(C)C2)c1OC. The van der Waals surface area contributed by atoms with Crippen LogP contribution in [0.15, 0.2) is 36.4 Å². The number of aromatic nitrogens is 1. The molecule has 8 heteroatoms. The summed E-state index contributed by atoms with van der Waals surface area (Å²) >= 11 is 0. The number of nitrogens with one attached hydrogen (secondary N) is 1. The average Bonchev–Trinajstić information content (AvgIpc) is 2.67. The molecule has 1 saturated heterocycles. The molecule has 1 atom stereocenters. The number of hydrogen-bond acceptors (Lipinski definition) is 5. The summed E-state index contributed by atoms with van der Waals surface area (Å²) in [5, 5.41) is 2.88. The molecule has 1 N–H and O–H groups in total. The number of methoxy groups -OCH3 is 2. The largest absolute Gasteiger partial charge is 0.493 e. The lowest BCUT2D eigenvalue weighted by Crippen LogP contribution is -2.55. The molecule has 2 amide bonds. The minimum Gasteiger partial charge on any atom is -0.493 e. The molecule has 1 unspecified atom stereocenters. The van der Waals surface area contributed by atoms with Crippen molar-refractivity contribution in [3.05, 3.63) is 42.3 Å². The molecule has 1 aliphatic rings. The van der Waals surface area contributed by atoms with Crippen LogP contribution in [0.25, 0.3) is 0 Å². The van der Waals surface area contributed by atoms with Gasteiger partial charge in [-0.25, -0.2) is 9.78 Å². The fourth-order valence-corrected chi connectivity index (χ4v) is 3.22. The summed E-state index contributed by atoms with van der Waals surface area (Å²) in [6.45, 7) is 3.55. The van der Waals surface area contributed by atoms with Crippen molar-refractivity contribution in [2.45, 2.75) is 13.0 Å². The third-order valence-corrected chi connectivity index (χ3v) is 4.55. The maximum absolute atomic E-state index is 13.4. The van der Waals surface area contributed by atoms with E-state index in [4.69, 9.17) is 9.47 Å². The van der Waals surface area contributed by atoms with E-state index in [0.29, 0.717) is 42.6 Å². The Hall–Kier alpha value is -3.03. The standard InChI is InChI=1S/C19H23FN4O3/c1-13-12-23(10-11-24(13)17-9-5-8-16(20)22-17)19(25)21-14-6-4-7-15(26-2)18(14)27-3/h4-9,13H,10-12H2,1-3H3,(H,21,25). The van der Waals surface area contributed by atoms with Gasteiger partial charge in [0.25, 0.3) is 0 Å². The highest BCUT2D eigenvalue weighted by Crippen LogP contribution is 2.35. The van der Waals surface area contributed by atoms with E-state index < -0.39 is 5.95 Å². The van der Waals surface area contributed by atoms with Gasteiger partial charge in [0, 0.05) is 25.7 Å². The highest BCUT2D eigenvalue weighted by Gasteiger charge is 2.28. The lowest BCUT2D eigenvalue weighted by molar-refractivity contribution is 0.199. The molecule has 3 rings (SSSR count). The van der Waals surface area contributed by atoms with Gasteiger partial charge in [0.1, 0.15) is 5.82 Å². The molecule has 0 radical (unpaired) electrons. The number of carbonyl (C=O) groups excluding carboxylic acids is 1. The van der Waals surface area contributed by atoms with Crippen LogP contribution in [0.2, 0.25) is 0 Å². The molecule has 2 heterocycles. The van der Waals surface area contributed by atoms with E-state index in [2.05, 4.69) is 10.3 Å². The summed E-state index contributed by atoms with van der Waals surface area (Å²) in [6, 6.07) is 9.82. The van der Waals surface area contributed by atoms with E-state index in [1.165, 1.54) is 13.2 Å². The molecule has 7 nitrogen and oxygen atoms in total. The number of nitrogens with zero attached hydrogens (tertiary/aromatic N) is 3. The van der Waals surface area contributed by atoms with E-state index in [1.54, 1.807) is 42.3 Å². The van der Waals surface area contributed by atoms with Crippen molar-refractivity contribution in [3.63, 3.8) is 0 Å². The molecule has 0 spiro atoms. The topological polar surface area (TPSA) is 66.9 Å². The minimum absolute atomic E-state index is 0.00556. The maximum Gasteiger partial charge on any atom is 0.322 e. The van der Waals surface area contributed by atoms with Crippen LogP contribution >= 0.6 is 0 Å². The van der Waals surface area contributed by atoms with Crippen molar-refractivity contribution in [3.8, 4) is 11.5 Å². The van der Waals surface area contributed by atoms with Crippen LogP contribution in [0, 0.1) is 5.95 Å². The number of hydrogen-bond donors (Lipinski definition) is 1. The summed E-state index contributed by atoms with van der Waals surface area (Å²) in [6.07, 6.45) is 0. The van der Waals surface area contributed by atoms with Crippen LogP contribution in [0.4, 0.5) is 20.7 Å². The number of pyridine rings is 1. The summed E-state index contributed by atoms with van der Waals surface area (Å²) in [5.74, 6) is 1.09. The molecule has 2 aromatic rings. The predicted octanol–water partition coefficient (Wildman–Crippen LogP) is 2.98. The van der Waals surface area contributed by atoms with Gasteiger partial charge in [-0.3, -0.25) is 0 Å². The Morgan fingerprint density at radius 1 is 1.19 bits per heavy atom. The summed E-state index contributed by atoms with van der Waals surface area (Å²) < 4.78 is 24.0. The van der Waals surface area contributed by atoms with Crippen LogP contribution in [0.3, 0.4) is 0 Å². The minimum atomic E-state index is -0.509. The van der Waals surface area contributed by atoms with Gasteiger partial charge in [-0.2, -0.15) is 4.39 Å². The third-order valence-electron chi connectivity index (χ3n) is 4.55. The molecule has 0 bridgehead atoms. The van der Waals surface area contributed by atoms with Gasteiger partial charge in [-0.05, 0) is 31.2 Å². The number of anilines is 2. The Kier molecular flexibility index (Phi) is 5.63. The Bertz CT molecular complexity index is 817. The first-order valence-electron chi connectivity index (χ1n) is 8.69. The second-order valence-electron chi connectivity index (χ2n) is 6.28. The lowest BCUT2D eigenvalue weighted by Gasteiger charge is -2.40. The molecule has 0 aliphatic carbocycles. The zero-order valence-corrected chi connectivity index (χ0v) is 15.6. The Morgan fingerprint density at radius 2 is 1.96 bits per heavy atom. The Morgan fingerprint density at radius 3 is 2.63 bits per heavy atom. The number of piperazine rings is 1. The van der Waals surface area contributed by atoms with Gasteiger partial charge in [0.15, 0.2) is 11.5 Å². The number of halogens is 1. The quantitative estimate of drug-likeness (QED) is 0.834. The van der Waals surface area contributed by atoms with Gasteiger partial charge >= 0.3 is 6.03 Å². The van der Waals surface area contributed by atoms with Crippen molar-refractivity contribution < 1.29 is 18.7 Å². The van der Waals surface area contributed by atoms with E-state index in [1.807, 2.05) is 11.8 Å². The highest BCUT2D eigenvalue weighted by atomic mass is 19.1. The summed E-state index contributed by atoms with van der Waals surface area (Å²) in [7, 11) is 3.07. The van der Waals surface area contributed by atoms with Crippen molar-refractivity contribution in [1.29, 1.82) is 0 Å². The van der Waals surface area contributed by atoms with Gasteiger partial charge in [-0.1, -0.05) is 12.1 Å². The number of carbonyl (C=O) groups is 1. The van der Waals surface area contributed by atoms with Gasteiger partial charge in [-0.15, -0.1) is 0 Å². The Balaban J connectivity index is 1.68. The van der Waals surface area contributed by atoms with E-state index in [-0.39, 0.29) is 12.1 Å². The molecular weight excluding hydrogens is 351 g/mol. The van der Waals surface area contributed by atoms with Crippen LogP contribution < -0.4 is 19.7 Å². The lowest BCUT2D eigenvalue weighted by atomic mass is 10.2. The second kappa shape index (κ2) is 8.11. The van der Waals surface area contributed by atoms with Gasteiger partial charge < -0.3 is 24.6 Å². The molecule has 1 aromatic heterocycles. The predicted molar refractivity (Wildman–Crippen MR) is 101 cm³/mol. The molecule has 1 fully saturated rings. The van der Waals surface area contributed by atoms with Gasteiger partial charge in [0.2, 0.25) is 5.95 Å². The van der Waals surface area contributed by atoms with Crippen molar-refractivity contribution >= 4 is 17.5 Å². The summed E-state index contributed by atoms with van der Waals surface area (Å²) in [4.78, 5) is 20.4. The molecule has 1 aliphatic heterocycles. The van der Waals surface area contributed by atoms with Gasteiger partial charge in [0.05, 0.1) is 19.9 Å². The van der Waals surface area contributed by atoms with Crippen LogP contribution in [0.1, 0.15) is 6.92 Å². The normalized spacial score (nSPS) is 16.8. The zero-order valence-electron chi connectivity index (χ0n) is 15.6. The number of para-hydroxylation sites is 1. The first-order valence-corrected chi connectivity index (χ1v) is 8.69. The zero-order chi connectivity index (χ0) is 19.4. The monoisotopic (exact) mass is 374 g/mol. The number of amides is 2. The number of rotatable bonds is 4. The van der Waals surface area contributed by atoms with Crippen molar-refractivity contribution in [1.82, 2.24) is 9.88 Å². The fraction of sp³-hybridized carbons (Fsp3) is 0.368. The smallest absolute Gasteiger partial charge is 0.322 e. The highest BCUT2D eigenvalue weighted by molar-refractivity contribution is 5.91. The molecule has 144 valence electrons. The fourth-order valence-electron chi connectivity index (χ4n) is 3.22. The molecular formula is C19H23FN4O3. The van der Waals surface area contributed by atoms with Crippen molar-refractivity contribution in [2.75, 3.05) is 44.1 Å². The van der Waals surface area contributed by atoms with E-state index in [0.717, 1.165) is 0 Å². The number of urea groups is 1. The average molecular weight is 374 g/mol. The van der Waals surface area contributed by atoms with Crippen molar-refractivity contribution in [2.24, 2.45) is 0 Å². The first kappa shape index (κ1) is 18.8. The summed E-state index contributed by atoms with van der Waals surface area (Å²) in [5.41, 5.74) is 0.545. The van der Waals surface area contributed by atoms with E-state index in [9.17, 15) is 9.18 Å².